The van der Waals surface area contributed by atoms with Gasteiger partial charge in [-0.3, -0.25) is 0 Å². The summed E-state index contributed by atoms with van der Waals surface area (Å²) in [4.78, 5) is 0. The lowest BCUT2D eigenvalue weighted by molar-refractivity contribution is 1.22. The molecule has 0 N–H and O–H groups in total. The van der Waals surface area contributed by atoms with Gasteiger partial charge in [0.2, 0.25) is 0 Å². The lowest BCUT2D eigenvalue weighted by atomic mass is 10.1. The molecule has 0 aromatic heterocycles. The summed E-state index contributed by atoms with van der Waals surface area (Å²) in [5.74, 6) is 0. The number of nitriles is 1. The number of nitrogens with zero attached hydrogens (tertiary/aromatic N) is 1. The summed E-state index contributed by atoms with van der Waals surface area (Å²) in [6.07, 6.45) is 14.9. The molecule has 0 saturated heterocycles. The molecule has 2 aliphatic carbocycles. The van der Waals surface area contributed by atoms with Crippen LogP contribution in [0.3, 0.4) is 0 Å². The molecule has 0 aromatic rings. The molecule has 0 radical (unpaired) electrons. The molecule has 0 unspecified atom stereocenters. The van der Waals surface area contributed by atoms with E-state index in [1.54, 1.807) is 0 Å². The molecule has 1 heteroatoms. The van der Waals surface area contributed by atoms with E-state index < -0.39 is 0 Å². The molecule has 1 nitrogen and oxygen atoms in total. The SMILES string of the molecule is N#CC1=CC2=CC=CC=C(C=C1)C2. The van der Waals surface area contributed by atoms with Gasteiger partial charge in [0.1, 0.15) is 0 Å². The van der Waals surface area contributed by atoms with Crippen LogP contribution in [0.5, 0.6) is 0 Å². The molecule has 2 aliphatic rings. The summed E-state index contributed by atoms with van der Waals surface area (Å²) in [7, 11) is 0. The van der Waals surface area contributed by atoms with Crippen LogP contribution < -0.4 is 0 Å². The van der Waals surface area contributed by atoms with Gasteiger partial charge in [-0.2, -0.15) is 5.26 Å². The van der Waals surface area contributed by atoms with Crippen molar-refractivity contribution >= 4 is 0 Å². The smallest absolute Gasteiger partial charge is 0.0991 e. The Morgan fingerprint density at radius 2 is 1.85 bits per heavy atom. The predicted molar refractivity (Wildman–Crippen MR) is 52.8 cm³/mol. The zero-order valence-electron chi connectivity index (χ0n) is 7.20. The normalized spacial score (nSPS) is 19.2. The maximum Gasteiger partial charge on any atom is 0.0991 e. The highest BCUT2D eigenvalue weighted by molar-refractivity contribution is 5.50. The van der Waals surface area contributed by atoms with Crippen molar-refractivity contribution in [3.05, 3.63) is 59.3 Å². The van der Waals surface area contributed by atoms with Gasteiger partial charge in [-0.15, -0.1) is 0 Å². The molecular formula is C12H9N. The van der Waals surface area contributed by atoms with Crippen molar-refractivity contribution in [1.29, 1.82) is 5.26 Å². The van der Waals surface area contributed by atoms with Crippen LogP contribution in [0.25, 0.3) is 0 Å². The molecule has 2 rings (SSSR count). The van der Waals surface area contributed by atoms with E-state index in [4.69, 9.17) is 5.26 Å². The third-order valence-electron chi connectivity index (χ3n) is 2.09. The maximum atomic E-state index is 8.77. The van der Waals surface area contributed by atoms with Crippen molar-refractivity contribution in [1.82, 2.24) is 0 Å². The molecule has 0 amide bonds. The van der Waals surface area contributed by atoms with E-state index in [0.717, 1.165) is 12.0 Å². The van der Waals surface area contributed by atoms with Crippen LogP contribution in [0.1, 0.15) is 6.42 Å². The molecule has 0 atom stereocenters. The topological polar surface area (TPSA) is 23.8 Å². The molecule has 0 aromatic carbocycles. The molecule has 0 fully saturated rings. The molecule has 62 valence electrons. The minimum Gasteiger partial charge on any atom is -0.192 e. The summed E-state index contributed by atoms with van der Waals surface area (Å²) in [5.41, 5.74) is 3.17. The first kappa shape index (κ1) is 7.82. The Morgan fingerprint density at radius 1 is 1.08 bits per heavy atom. The zero-order chi connectivity index (χ0) is 9.10. The van der Waals surface area contributed by atoms with Crippen LogP contribution >= 0.6 is 0 Å². The van der Waals surface area contributed by atoms with Crippen LogP contribution in [-0.2, 0) is 0 Å². The minimum absolute atomic E-state index is 0.727. The lowest BCUT2D eigenvalue weighted by Crippen LogP contribution is -1.78. The van der Waals surface area contributed by atoms with E-state index in [1.165, 1.54) is 11.1 Å². The molecule has 0 aliphatic heterocycles. The van der Waals surface area contributed by atoms with Gasteiger partial charge in [0, 0.05) is 0 Å². The van der Waals surface area contributed by atoms with Gasteiger partial charge in [-0.1, -0.05) is 30.4 Å². The minimum atomic E-state index is 0.727. The number of rotatable bonds is 0. The fourth-order valence-corrected chi connectivity index (χ4v) is 1.44. The van der Waals surface area contributed by atoms with Crippen molar-refractivity contribution in [3.8, 4) is 6.07 Å². The van der Waals surface area contributed by atoms with Crippen LogP contribution in [0.4, 0.5) is 0 Å². The molecular weight excluding hydrogens is 158 g/mol. The van der Waals surface area contributed by atoms with Crippen molar-refractivity contribution < 1.29 is 0 Å². The van der Waals surface area contributed by atoms with E-state index in [2.05, 4.69) is 12.1 Å². The number of hydrogen-bond acceptors (Lipinski definition) is 1. The number of hydrogen-bond donors (Lipinski definition) is 0. The largest absolute Gasteiger partial charge is 0.192 e. The zero-order valence-corrected chi connectivity index (χ0v) is 7.20. The van der Waals surface area contributed by atoms with E-state index in [9.17, 15) is 0 Å². The third kappa shape index (κ3) is 1.68. The van der Waals surface area contributed by atoms with Gasteiger partial charge in [-0.25, -0.2) is 0 Å². The Balaban J connectivity index is 2.49. The maximum absolute atomic E-state index is 8.77. The average Bonchev–Trinajstić information content (AvgIpc) is 2.49. The molecule has 0 saturated carbocycles. The second kappa shape index (κ2) is 3.28. The summed E-state index contributed by atoms with van der Waals surface area (Å²) in [6.45, 7) is 0. The lowest BCUT2D eigenvalue weighted by Gasteiger charge is -1.97. The highest BCUT2D eigenvalue weighted by Gasteiger charge is 2.04. The fourth-order valence-electron chi connectivity index (χ4n) is 1.44. The van der Waals surface area contributed by atoms with E-state index >= 15 is 0 Å². The van der Waals surface area contributed by atoms with Crippen LogP contribution in [-0.4, -0.2) is 0 Å². The molecule has 13 heavy (non-hydrogen) atoms. The fraction of sp³-hybridized carbons (Fsp3) is 0.0833. The van der Waals surface area contributed by atoms with Gasteiger partial charge >= 0.3 is 0 Å². The van der Waals surface area contributed by atoms with Gasteiger partial charge in [0.05, 0.1) is 11.6 Å². The Hall–Kier alpha value is -1.81. The van der Waals surface area contributed by atoms with Crippen molar-refractivity contribution in [3.63, 3.8) is 0 Å². The average molecular weight is 167 g/mol. The molecule has 2 bridgehead atoms. The van der Waals surface area contributed by atoms with Gasteiger partial charge < -0.3 is 0 Å². The third-order valence-corrected chi connectivity index (χ3v) is 2.09. The monoisotopic (exact) mass is 167 g/mol. The van der Waals surface area contributed by atoms with Crippen LogP contribution in [0, 0.1) is 11.3 Å². The Kier molecular flexibility index (Phi) is 1.97. The second-order valence-corrected chi connectivity index (χ2v) is 3.09. The van der Waals surface area contributed by atoms with E-state index in [-0.39, 0.29) is 0 Å². The first-order valence-corrected chi connectivity index (χ1v) is 4.25. The second-order valence-electron chi connectivity index (χ2n) is 3.09. The summed E-state index contributed by atoms with van der Waals surface area (Å²) in [6, 6.07) is 2.16. The summed E-state index contributed by atoms with van der Waals surface area (Å²) in [5, 5.41) is 8.77. The van der Waals surface area contributed by atoms with Crippen molar-refractivity contribution in [2.45, 2.75) is 6.42 Å². The van der Waals surface area contributed by atoms with Crippen LogP contribution in [0.15, 0.2) is 59.3 Å². The van der Waals surface area contributed by atoms with Crippen LogP contribution in [0.2, 0.25) is 0 Å². The quantitative estimate of drug-likeness (QED) is 0.544. The Labute approximate surface area is 77.7 Å². The molecule has 0 heterocycles. The van der Waals surface area contributed by atoms with Crippen molar-refractivity contribution in [2.75, 3.05) is 0 Å². The highest BCUT2D eigenvalue weighted by atomic mass is 14.2. The van der Waals surface area contributed by atoms with Crippen molar-refractivity contribution in [2.24, 2.45) is 0 Å². The Morgan fingerprint density at radius 3 is 2.62 bits per heavy atom. The Bertz CT molecular complexity index is 409. The van der Waals surface area contributed by atoms with E-state index in [1.807, 2.05) is 36.5 Å². The summed E-state index contributed by atoms with van der Waals surface area (Å²) >= 11 is 0. The van der Waals surface area contributed by atoms with E-state index in [0.29, 0.717) is 0 Å². The predicted octanol–water partition coefficient (Wildman–Crippen LogP) is 2.82. The van der Waals surface area contributed by atoms with Gasteiger partial charge in [-0.05, 0) is 29.7 Å². The first-order valence-electron chi connectivity index (χ1n) is 4.25. The van der Waals surface area contributed by atoms with Gasteiger partial charge in [0.15, 0.2) is 0 Å². The number of fused-ring (bicyclic) bond motifs is 2. The first-order chi connectivity index (χ1) is 6.38. The molecule has 0 spiro atoms. The van der Waals surface area contributed by atoms with Gasteiger partial charge in [0.25, 0.3) is 0 Å². The summed E-state index contributed by atoms with van der Waals surface area (Å²) < 4.78 is 0. The highest BCUT2D eigenvalue weighted by Crippen LogP contribution is 2.22. The number of allylic oxidation sites excluding steroid dienone is 10. The standard InChI is InChI=1S/C12H9N/c13-9-12-6-5-10-3-1-2-4-11(7-10)8-12/h1-6,8H,7H2.